The smallest absolute Gasteiger partial charge is 0.257 e. The first-order chi connectivity index (χ1) is 18.6. The molecule has 1 amide bonds. The number of aryl methyl sites for hydroxylation is 1. The van der Waals surface area contributed by atoms with Crippen LogP contribution in [-0.2, 0) is 37.8 Å². The molecule has 0 atom stereocenters. The van der Waals surface area contributed by atoms with E-state index in [1.165, 1.54) is 22.5 Å². The van der Waals surface area contributed by atoms with Gasteiger partial charge < -0.3 is 10.1 Å². The minimum absolute atomic E-state index is 0.118. The molecule has 1 aliphatic rings. The largest absolute Gasteiger partial charge is 0.484 e. The maximum absolute atomic E-state index is 12.7. The van der Waals surface area contributed by atoms with Gasteiger partial charge in [-0.1, -0.05) is 42.5 Å². The number of nitrogens with zero attached hydrogens (tertiary/aromatic N) is 1. The maximum atomic E-state index is 12.7. The topological polar surface area (TPSA) is 122 Å². The summed E-state index contributed by atoms with van der Waals surface area (Å²) in [6, 6.07) is 20.5. The van der Waals surface area contributed by atoms with E-state index in [0.29, 0.717) is 37.4 Å². The lowest BCUT2D eigenvalue weighted by Gasteiger charge is -2.15. The van der Waals surface area contributed by atoms with E-state index in [4.69, 9.17) is 4.74 Å². The van der Waals surface area contributed by atoms with Gasteiger partial charge in [-0.15, -0.1) is 0 Å². The highest BCUT2D eigenvalue weighted by atomic mass is 32.2. The summed E-state index contributed by atoms with van der Waals surface area (Å²) in [7, 11) is -7.15. The molecule has 0 aromatic heterocycles. The summed E-state index contributed by atoms with van der Waals surface area (Å²) in [6.07, 6.45) is 2.32. The highest BCUT2D eigenvalue weighted by Gasteiger charge is 2.26. The average molecular weight is 572 g/mol. The van der Waals surface area contributed by atoms with Crippen LogP contribution in [0.2, 0.25) is 0 Å². The van der Waals surface area contributed by atoms with Gasteiger partial charge in [-0.2, -0.15) is 4.31 Å². The Morgan fingerprint density at radius 3 is 2.21 bits per heavy atom. The Kier molecular flexibility index (Phi) is 9.39. The number of carbonyl (C=O) groups is 1. The van der Waals surface area contributed by atoms with Crippen LogP contribution in [0.3, 0.4) is 0 Å². The molecule has 1 saturated heterocycles. The minimum atomic E-state index is -3.70. The van der Waals surface area contributed by atoms with Gasteiger partial charge >= 0.3 is 0 Å². The molecule has 208 valence electrons. The number of hydrogen-bond donors (Lipinski definition) is 2. The van der Waals surface area contributed by atoms with Crippen molar-refractivity contribution in [2.24, 2.45) is 0 Å². The molecule has 1 heterocycles. The third kappa shape index (κ3) is 7.66. The number of carbonyl (C=O) groups excluding carboxylic acids is 1. The molecule has 0 spiro atoms. The summed E-state index contributed by atoms with van der Waals surface area (Å²) < 4.78 is 60.3. The van der Waals surface area contributed by atoms with Crippen molar-refractivity contribution in [3.63, 3.8) is 0 Å². The van der Waals surface area contributed by atoms with Crippen LogP contribution in [0.25, 0.3) is 0 Å². The molecule has 4 rings (SSSR count). The van der Waals surface area contributed by atoms with Crippen molar-refractivity contribution in [3.05, 3.63) is 89.5 Å². The molecule has 1 fully saturated rings. The molecule has 11 heteroatoms. The predicted octanol–water partition coefficient (Wildman–Crippen LogP) is 3.00. The van der Waals surface area contributed by atoms with Crippen molar-refractivity contribution in [3.8, 4) is 5.75 Å². The number of rotatable bonds is 12. The zero-order valence-corrected chi connectivity index (χ0v) is 23.4. The summed E-state index contributed by atoms with van der Waals surface area (Å²) in [6.45, 7) is 3.18. The van der Waals surface area contributed by atoms with Gasteiger partial charge in [0.1, 0.15) is 5.75 Å². The van der Waals surface area contributed by atoms with Crippen molar-refractivity contribution in [1.82, 2.24) is 14.3 Å². The Balaban J connectivity index is 1.22. The SMILES string of the molecule is Cc1cc(S(=O)(=O)NCc2ccccc2)ccc1OCC(=O)NCCc1ccc(S(=O)(=O)N2CCCC2)cc1. The molecular weight excluding hydrogens is 538 g/mol. The molecule has 2 N–H and O–H groups in total. The van der Waals surface area contributed by atoms with Gasteiger partial charge in [0.15, 0.2) is 6.61 Å². The second-order valence-corrected chi connectivity index (χ2v) is 13.1. The highest BCUT2D eigenvalue weighted by Crippen LogP contribution is 2.23. The molecule has 9 nitrogen and oxygen atoms in total. The number of hydrogen-bond acceptors (Lipinski definition) is 6. The summed E-state index contributed by atoms with van der Waals surface area (Å²) in [5.74, 6) is 0.103. The summed E-state index contributed by atoms with van der Waals surface area (Å²) in [5.41, 5.74) is 2.35. The lowest BCUT2D eigenvalue weighted by molar-refractivity contribution is -0.123. The van der Waals surface area contributed by atoms with E-state index in [1.54, 1.807) is 31.2 Å². The van der Waals surface area contributed by atoms with Gasteiger partial charge in [-0.05, 0) is 73.2 Å². The summed E-state index contributed by atoms with van der Waals surface area (Å²) in [4.78, 5) is 12.7. The zero-order chi connectivity index (χ0) is 27.9. The fourth-order valence-electron chi connectivity index (χ4n) is 4.25. The average Bonchev–Trinajstić information content (AvgIpc) is 3.48. The third-order valence-electron chi connectivity index (χ3n) is 6.49. The van der Waals surface area contributed by atoms with E-state index < -0.39 is 20.0 Å². The van der Waals surface area contributed by atoms with E-state index in [2.05, 4.69) is 10.0 Å². The molecule has 1 aliphatic heterocycles. The van der Waals surface area contributed by atoms with E-state index in [9.17, 15) is 21.6 Å². The van der Waals surface area contributed by atoms with Gasteiger partial charge in [0.05, 0.1) is 9.79 Å². The first kappa shape index (κ1) is 28.8. The predicted molar refractivity (Wildman–Crippen MR) is 148 cm³/mol. The van der Waals surface area contributed by atoms with Crippen LogP contribution >= 0.6 is 0 Å². The number of ether oxygens (including phenoxy) is 1. The standard InChI is InChI=1S/C28H33N3O6S2/c1-22-19-26(38(33,34)30-20-24-7-3-2-4-8-24)13-14-27(22)37-21-28(32)29-16-15-23-9-11-25(12-10-23)39(35,36)31-17-5-6-18-31/h2-4,7-14,19,30H,5-6,15-18,20-21H2,1H3,(H,29,32). The van der Waals surface area contributed by atoms with Crippen LogP contribution in [0.5, 0.6) is 5.75 Å². The Labute approximate surface area is 230 Å². The molecule has 0 radical (unpaired) electrons. The van der Waals surface area contributed by atoms with Crippen molar-refractivity contribution < 1.29 is 26.4 Å². The summed E-state index contributed by atoms with van der Waals surface area (Å²) in [5, 5.41) is 2.78. The monoisotopic (exact) mass is 571 g/mol. The second kappa shape index (κ2) is 12.7. The van der Waals surface area contributed by atoms with Crippen LogP contribution in [0.1, 0.15) is 29.5 Å². The highest BCUT2D eigenvalue weighted by molar-refractivity contribution is 7.89. The quantitative estimate of drug-likeness (QED) is 0.345. The lowest BCUT2D eigenvalue weighted by atomic mass is 10.1. The van der Waals surface area contributed by atoms with Gasteiger partial charge in [0, 0.05) is 26.2 Å². The molecule has 0 aliphatic carbocycles. The van der Waals surface area contributed by atoms with Crippen LogP contribution in [0.15, 0.2) is 82.6 Å². The van der Waals surface area contributed by atoms with E-state index in [-0.39, 0.29) is 28.8 Å². The molecular formula is C28H33N3O6S2. The summed E-state index contributed by atoms with van der Waals surface area (Å²) >= 11 is 0. The van der Waals surface area contributed by atoms with Crippen molar-refractivity contribution in [2.45, 2.75) is 42.5 Å². The number of sulfonamides is 2. The lowest BCUT2D eigenvalue weighted by Crippen LogP contribution is -2.30. The fourth-order valence-corrected chi connectivity index (χ4v) is 6.87. The molecule has 0 bridgehead atoms. The fraction of sp³-hybridized carbons (Fsp3) is 0.321. The third-order valence-corrected chi connectivity index (χ3v) is 9.80. The Morgan fingerprint density at radius 2 is 1.54 bits per heavy atom. The normalized spacial score (nSPS) is 14.3. The number of nitrogens with one attached hydrogen (secondary N) is 2. The van der Waals surface area contributed by atoms with Gasteiger partial charge in [0.2, 0.25) is 20.0 Å². The second-order valence-electron chi connectivity index (χ2n) is 9.38. The molecule has 0 unspecified atom stereocenters. The molecule has 3 aromatic carbocycles. The molecule has 0 saturated carbocycles. The molecule has 39 heavy (non-hydrogen) atoms. The van der Waals surface area contributed by atoms with Crippen molar-refractivity contribution in [2.75, 3.05) is 26.2 Å². The van der Waals surface area contributed by atoms with Gasteiger partial charge in [0.25, 0.3) is 5.91 Å². The van der Waals surface area contributed by atoms with Crippen LogP contribution in [-0.4, -0.2) is 53.3 Å². The maximum Gasteiger partial charge on any atom is 0.257 e. The van der Waals surface area contributed by atoms with Gasteiger partial charge in [-0.3, -0.25) is 4.79 Å². The minimum Gasteiger partial charge on any atom is -0.484 e. The number of benzene rings is 3. The number of amides is 1. The molecule has 3 aromatic rings. The first-order valence-electron chi connectivity index (χ1n) is 12.8. The van der Waals surface area contributed by atoms with Crippen LogP contribution in [0.4, 0.5) is 0 Å². The Morgan fingerprint density at radius 1 is 0.872 bits per heavy atom. The van der Waals surface area contributed by atoms with Crippen molar-refractivity contribution in [1.29, 1.82) is 0 Å². The van der Waals surface area contributed by atoms with E-state index >= 15 is 0 Å². The zero-order valence-electron chi connectivity index (χ0n) is 21.8. The van der Waals surface area contributed by atoms with Gasteiger partial charge in [-0.25, -0.2) is 21.6 Å². The Bertz CT molecular complexity index is 1490. The van der Waals surface area contributed by atoms with Crippen molar-refractivity contribution >= 4 is 26.0 Å². The first-order valence-corrected chi connectivity index (χ1v) is 15.7. The van der Waals surface area contributed by atoms with E-state index in [0.717, 1.165) is 24.0 Å². The van der Waals surface area contributed by atoms with Crippen LogP contribution in [0, 0.1) is 6.92 Å². The van der Waals surface area contributed by atoms with E-state index in [1.807, 2.05) is 30.3 Å². The Hall–Kier alpha value is -3.25. The van der Waals surface area contributed by atoms with Crippen LogP contribution < -0.4 is 14.8 Å².